The monoisotopic (exact) mass is 393 g/mol. The number of carbonyl (C=O) groups is 1. The van der Waals surface area contributed by atoms with Crippen LogP contribution in [0.5, 0.6) is 0 Å². The van der Waals surface area contributed by atoms with Gasteiger partial charge >= 0.3 is 0 Å². The second-order valence-corrected chi connectivity index (χ2v) is 11.2. The molecule has 0 radical (unpaired) electrons. The maximum Gasteiger partial charge on any atom is 0.223 e. The van der Waals surface area contributed by atoms with E-state index in [9.17, 15) is 4.79 Å². The highest BCUT2D eigenvalue weighted by molar-refractivity contribution is 5.79. The van der Waals surface area contributed by atoms with Crippen LogP contribution in [0.25, 0.3) is 0 Å². The fraction of sp³-hybridized carbons (Fsp3) is 0.731. The van der Waals surface area contributed by atoms with Gasteiger partial charge in [0.25, 0.3) is 0 Å². The molecule has 1 amide bonds. The standard InChI is InChI=1S/C26H35NO2/c1-17(19-6-7-20-4-2-3-5-21(20)15-29-9-8-19)24(28)27-25-12-18-10-22-11-23(14-25)26(22,13-18)16-25/h2-5,17-19,22-23H,6-16H2,1H3,(H,27,28)/t17?,18?,19-,22?,23?,25?,26?/m1/s1. The van der Waals surface area contributed by atoms with Crippen LogP contribution in [0.2, 0.25) is 0 Å². The van der Waals surface area contributed by atoms with E-state index in [0.717, 1.165) is 43.6 Å². The van der Waals surface area contributed by atoms with E-state index >= 15 is 0 Å². The van der Waals surface area contributed by atoms with Gasteiger partial charge in [0.05, 0.1) is 6.61 Å². The summed E-state index contributed by atoms with van der Waals surface area (Å²) in [5.74, 6) is 3.57. The first kappa shape index (κ1) is 18.4. The molecule has 7 atom stereocenters. The van der Waals surface area contributed by atoms with E-state index in [2.05, 4.69) is 36.5 Å². The van der Waals surface area contributed by atoms with E-state index < -0.39 is 0 Å². The zero-order valence-corrected chi connectivity index (χ0v) is 17.8. The van der Waals surface area contributed by atoms with Crippen molar-refractivity contribution >= 4 is 5.91 Å². The Balaban J connectivity index is 1.15. The minimum absolute atomic E-state index is 0.0735. The molecule has 6 rings (SSSR count). The molecule has 0 saturated heterocycles. The van der Waals surface area contributed by atoms with Crippen LogP contribution >= 0.6 is 0 Å². The first-order valence-corrected chi connectivity index (χ1v) is 12.0. The average Bonchev–Trinajstić information content (AvgIpc) is 3.07. The van der Waals surface area contributed by atoms with Gasteiger partial charge in [0, 0.05) is 18.1 Å². The van der Waals surface area contributed by atoms with Crippen LogP contribution in [0.1, 0.15) is 69.4 Å². The lowest BCUT2D eigenvalue weighted by Crippen LogP contribution is -2.52. The number of rotatable bonds is 3. The van der Waals surface area contributed by atoms with Crippen LogP contribution in [-0.4, -0.2) is 18.1 Å². The van der Waals surface area contributed by atoms with Crippen LogP contribution in [-0.2, 0) is 22.6 Å². The van der Waals surface area contributed by atoms with E-state index in [-0.39, 0.29) is 11.5 Å². The van der Waals surface area contributed by atoms with Gasteiger partial charge in [0.2, 0.25) is 5.91 Å². The molecule has 3 heteroatoms. The van der Waals surface area contributed by atoms with Gasteiger partial charge in [-0.2, -0.15) is 0 Å². The van der Waals surface area contributed by atoms with Crippen LogP contribution in [0, 0.1) is 35.0 Å². The van der Waals surface area contributed by atoms with Gasteiger partial charge < -0.3 is 10.1 Å². The molecule has 1 aliphatic heterocycles. The fourth-order valence-electron chi connectivity index (χ4n) is 8.44. The molecule has 3 bridgehead atoms. The summed E-state index contributed by atoms with van der Waals surface area (Å²) in [5.41, 5.74) is 3.48. The predicted molar refractivity (Wildman–Crippen MR) is 113 cm³/mol. The van der Waals surface area contributed by atoms with E-state index in [4.69, 9.17) is 4.74 Å². The van der Waals surface area contributed by atoms with Crippen molar-refractivity contribution < 1.29 is 9.53 Å². The Morgan fingerprint density at radius 1 is 1.10 bits per heavy atom. The summed E-state index contributed by atoms with van der Waals surface area (Å²) in [6, 6.07) is 8.64. The molecule has 29 heavy (non-hydrogen) atoms. The Labute approximate surface area is 175 Å². The molecule has 4 saturated carbocycles. The summed E-state index contributed by atoms with van der Waals surface area (Å²) in [7, 11) is 0. The maximum absolute atomic E-state index is 13.4. The molecule has 1 heterocycles. The van der Waals surface area contributed by atoms with Crippen LogP contribution in [0.3, 0.4) is 0 Å². The number of hydrogen-bond acceptors (Lipinski definition) is 2. The number of aryl methyl sites for hydroxylation is 1. The first-order chi connectivity index (χ1) is 14.1. The van der Waals surface area contributed by atoms with Gasteiger partial charge in [-0.25, -0.2) is 0 Å². The first-order valence-electron chi connectivity index (χ1n) is 12.0. The molecule has 6 unspecified atom stereocenters. The third kappa shape index (κ3) is 2.83. The summed E-state index contributed by atoms with van der Waals surface area (Å²) in [6.07, 6.45) is 11.3. The topological polar surface area (TPSA) is 38.3 Å². The zero-order chi connectivity index (χ0) is 19.6. The van der Waals surface area contributed by atoms with Crippen molar-refractivity contribution in [2.45, 2.75) is 76.9 Å². The SMILES string of the molecule is CC(C(=O)NC12CC3CC4CC(C1)C4(C3)C2)[C@H]1CCOCc2ccccc2CC1. The summed E-state index contributed by atoms with van der Waals surface area (Å²) < 4.78 is 5.96. The maximum atomic E-state index is 13.4. The van der Waals surface area contributed by atoms with E-state index in [1.165, 1.54) is 49.7 Å². The number of carbonyl (C=O) groups excluding carboxylic acids is 1. The smallest absolute Gasteiger partial charge is 0.223 e. The van der Waals surface area contributed by atoms with E-state index in [1.54, 1.807) is 0 Å². The molecule has 4 aliphatic carbocycles. The molecule has 1 N–H and O–H groups in total. The Morgan fingerprint density at radius 2 is 1.97 bits per heavy atom. The Hall–Kier alpha value is -1.35. The third-order valence-corrected chi connectivity index (χ3v) is 9.77. The molecule has 1 spiro atoms. The van der Waals surface area contributed by atoms with Gasteiger partial charge in [-0.3, -0.25) is 4.79 Å². The second-order valence-electron chi connectivity index (χ2n) is 11.2. The molecule has 156 valence electrons. The molecule has 0 aromatic heterocycles. The minimum Gasteiger partial charge on any atom is -0.377 e. The Bertz CT molecular complexity index is 817. The van der Waals surface area contributed by atoms with Crippen molar-refractivity contribution in [3.05, 3.63) is 35.4 Å². The van der Waals surface area contributed by atoms with Crippen molar-refractivity contribution in [1.82, 2.24) is 5.32 Å². The third-order valence-electron chi connectivity index (χ3n) is 9.77. The number of hydrogen-bond donors (Lipinski definition) is 1. The van der Waals surface area contributed by atoms with Gasteiger partial charge in [0.1, 0.15) is 0 Å². The molecule has 5 aliphatic rings. The lowest BCUT2D eigenvalue weighted by atomic mass is 9.56. The van der Waals surface area contributed by atoms with Crippen molar-refractivity contribution in [2.75, 3.05) is 6.61 Å². The largest absolute Gasteiger partial charge is 0.377 e. The highest BCUT2D eigenvalue weighted by Crippen LogP contribution is 2.76. The normalized spacial score (nSPS) is 43.3. The quantitative estimate of drug-likeness (QED) is 0.795. The fourth-order valence-corrected chi connectivity index (χ4v) is 8.44. The molecular formula is C26H35NO2. The molecule has 3 nitrogen and oxygen atoms in total. The summed E-state index contributed by atoms with van der Waals surface area (Å²) in [5, 5.41) is 3.66. The van der Waals surface area contributed by atoms with Gasteiger partial charge in [-0.15, -0.1) is 0 Å². The average molecular weight is 394 g/mol. The summed E-state index contributed by atoms with van der Waals surface area (Å²) >= 11 is 0. The number of amides is 1. The number of fused-ring (bicyclic) bond motifs is 3. The zero-order valence-electron chi connectivity index (χ0n) is 17.8. The highest BCUT2D eigenvalue weighted by atomic mass is 16.5. The van der Waals surface area contributed by atoms with Gasteiger partial charge in [0.15, 0.2) is 0 Å². The second kappa shape index (κ2) is 6.57. The van der Waals surface area contributed by atoms with Crippen LogP contribution in [0.4, 0.5) is 0 Å². The predicted octanol–water partition coefficient (Wildman–Crippen LogP) is 4.88. The number of nitrogens with one attached hydrogen (secondary N) is 1. The number of ether oxygens (including phenoxy) is 1. The molecule has 1 aromatic carbocycles. The van der Waals surface area contributed by atoms with E-state index in [0.29, 0.717) is 23.8 Å². The molecular weight excluding hydrogens is 358 g/mol. The van der Waals surface area contributed by atoms with Crippen molar-refractivity contribution in [1.29, 1.82) is 0 Å². The van der Waals surface area contributed by atoms with Gasteiger partial charge in [-0.1, -0.05) is 31.2 Å². The lowest BCUT2D eigenvalue weighted by molar-refractivity contribution is -0.129. The van der Waals surface area contributed by atoms with Crippen LogP contribution < -0.4 is 5.32 Å². The molecule has 1 aromatic rings. The van der Waals surface area contributed by atoms with Crippen molar-refractivity contribution in [2.24, 2.45) is 35.0 Å². The summed E-state index contributed by atoms with van der Waals surface area (Å²) in [6.45, 7) is 3.64. The van der Waals surface area contributed by atoms with Gasteiger partial charge in [-0.05, 0) is 98.0 Å². The lowest BCUT2D eigenvalue weighted by Gasteiger charge is -2.49. The van der Waals surface area contributed by atoms with Crippen LogP contribution in [0.15, 0.2) is 24.3 Å². The minimum atomic E-state index is 0.0735. The Morgan fingerprint density at radius 3 is 2.86 bits per heavy atom. The Kier molecular flexibility index (Phi) is 4.18. The van der Waals surface area contributed by atoms with E-state index in [1.807, 2.05) is 0 Å². The molecule has 4 fully saturated rings. The number of benzene rings is 1. The van der Waals surface area contributed by atoms with Crippen molar-refractivity contribution in [3.8, 4) is 0 Å². The summed E-state index contributed by atoms with van der Waals surface area (Å²) in [4.78, 5) is 13.4. The highest BCUT2D eigenvalue weighted by Gasteiger charge is 2.71. The van der Waals surface area contributed by atoms with Crippen molar-refractivity contribution in [3.63, 3.8) is 0 Å².